The average Bonchev–Trinajstić information content (AvgIpc) is 2.39. The van der Waals surface area contributed by atoms with Crippen LogP contribution in [0.4, 0.5) is 5.69 Å². The first-order valence-electron chi connectivity index (χ1n) is 5.98. The van der Waals surface area contributed by atoms with Gasteiger partial charge in [0.05, 0.1) is 7.11 Å². The summed E-state index contributed by atoms with van der Waals surface area (Å²) in [5.41, 5.74) is 4.77. The molecule has 1 aromatic carbocycles. The average molecular weight is 242 g/mol. The molecule has 1 aromatic heterocycles. The predicted molar refractivity (Wildman–Crippen MR) is 74.0 cm³/mol. The van der Waals surface area contributed by atoms with Crippen LogP contribution in [0.15, 0.2) is 36.7 Å². The van der Waals surface area contributed by atoms with E-state index in [1.807, 2.05) is 36.7 Å². The number of aromatic nitrogens is 1. The van der Waals surface area contributed by atoms with E-state index in [4.69, 9.17) is 4.74 Å². The van der Waals surface area contributed by atoms with Crippen LogP contribution in [0.25, 0.3) is 0 Å². The number of nitrogens with zero attached hydrogens (tertiary/aromatic N) is 1. The third kappa shape index (κ3) is 2.80. The number of methoxy groups -OCH3 is 1. The van der Waals surface area contributed by atoms with E-state index in [-0.39, 0.29) is 0 Å². The summed E-state index contributed by atoms with van der Waals surface area (Å²) < 4.78 is 5.19. The zero-order valence-corrected chi connectivity index (χ0v) is 11.0. The molecule has 0 amide bonds. The summed E-state index contributed by atoms with van der Waals surface area (Å²) >= 11 is 0. The molecule has 2 rings (SSSR count). The van der Waals surface area contributed by atoms with Gasteiger partial charge in [0, 0.05) is 24.6 Å². The van der Waals surface area contributed by atoms with Crippen LogP contribution in [0.1, 0.15) is 16.7 Å². The van der Waals surface area contributed by atoms with Crippen LogP contribution in [0.5, 0.6) is 5.75 Å². The molecule has 3 heteroatoms. The maximum absolute atomic E-state index is 5.19. The molecule has 3 nitrogen and oxygen atoms in total. The number of anilines is 1. The minimum atomic E-state index is 0.785. The van der Waals surface area contributed by atoms with E-state index in [2.05, 4.69) is 24.1 Å². The van der Waals surface area contributed by atoms with Gasteiger partial charge in [-0.3, -0.25) is 4.98 Å². The van der Waals surface area contributed by atoms with Crippen molar-refractivity contribution in [3.05, 3.63) is 53.3 Å². The molecule has 0 radical (unpaired) electrons. The number of nitrogens with one attached hydrogen (secondary N) is 1. The van der Waals surface area contributed by atoms with Crippen LogP contribution in [0.2, 0.25) is 0 Å². The molecule has 0 fully saturated rings. The first-order chi connectivity index (χ1) is 8.70. The topological polar surface area (TPSA) is 34.1 Å². The molecular formula is C15H18N2O. The highest BCUT2D eigenvalue weighted by atomic mass is 16.5. The third-order valence-electron chi connectivity index (χ3n) is 3.05. The Hall–Kier alpha value is -2.03. The maximum atomic E-state index is 5.19. The number of aryl methyl sites for hydroxylation is 2. The van der Waals surface area contributed by atoms with Crippen molar-refractivity contribution in [1.82, 2.24) is 4.98 Å². The molecule has 0 atom stereocenters. The first-order valence-corrected chi connectivity index (χ1v) is 5.98. The molecule has 0 spiro atoms. The van der Waals surface area contributed by atoms with Crippen molar-refractivity contribution in [3.63, 3.8) is 0 Å². The van der Waals surface area contributed by atoms with E-state index in [1.54, 1.807) is 7.11 Å². The van der Waals surface area contributed by atoms with Gasteiger partial charge in [0.15, 0.2) is 0 Å². The lowest BCUT2D eigenvalue weighted by atomic mass is 10.1. The second-order valence-corrected chi connectivity index (χ2v) is 4.34. The monoisotopic (exact) mass is 242 g/mol. The Morgan fingerprint density at radius 3 is 2.67 bits per heavy atom. The lowest BCUT2D eigenvalue weighted by Gasteiger charge is -2.12. The van der Waals surface area contributed by atoms with E-state index in [1.165, 1.54) is 16.7 Å². The summed E-state index contributed by atoms with van der Waals surface area (Å²) in [6.07, 6.45) is 3.72. The van der Waals surface area contributed by atoms with Crippen LogP contribution in [0.3, 0.4) is 0 Å². The van der Waals surface area contributed by atoms with Gasteiger partial charge in [0.25, 0.3) is 0 Å². The highest BCUT2D eigenvalue weighted by molar-refractivity contribution is 5.54. The fraction of sp³-hybridized carbons (Fsp3) is 0.267. The lowest BCUT2D eigenvalue weighted by Crippen LogP contribution is -2.03. The third-order valence-corrected chi connectivity index (χ3v) is 3.05. The Kier molecular flexibility index (Phi) is 3.82. The van der Waals surface area contributed by atoms with Gasteiger partial charge in [-0.1, -0.05) is 0 Å². The summed E-state index contributed by atoms with van der Waals surface area (Å²) in [4.78, 5) is 4.15. The molecule has 0 unspecified atom stereocenters. The van der Waals surface area contributed by atoms with Gasteiger partial charge in [-0.15, -0.1) is 0 Å². The summed E-state index contributed by atoms with van der Waals surface area (Å²) in [5, 5.41) is 3.43. The number of ether oxygens (including phenoxy) is 1. The molecule has 0 aliphatic heterocycles. The van der Waals surface area contributed by atoms with E-state index >= 15 is 0 Å². The number of hydrogen-bond donors (Lipinski definition) is 1. The maximum Gasteiger partial charge on any atom is 0.119 e. The lowest BCUT2D eigenvalue weighted by molar-refractivity contribution is 0.414. The first kappa shape index (κ1) is 12.4. The molecule has 1 N–H and O–H groups in total. The Labute approximate surface area is 108 Å². The Balaban J connectivity index is 2.09. The number of hydrogen-bond acceptors (Lipinski definition) is 3. The van der Waals surface area contributed by atoms with Gasteiger partial charge in [-0.05, 0) is 54.8 Å². The summed E-state index contributed by atoms with van der Waals surface area (Å²) in [6, 6.07) is 8.06. The van der Waals surface area contributed by atoms with Crippen molar-refractivity contribution in [2.45, 2.75) is 20.4 Å². The summed E-state index contributed by atoms with van der Waals surface area (Å²) in [7, 11) is 1.68. The van der Waals surface area contributed by atoms with Crippen molar-refractivity contribution in [3.8, 4) is 5.75 Å². The standard InChI is InChI=1S/C15H18N2O/c1-11-6-7-16-9-13(11)10-17-15-5-4-14(18-3)8-12(15)2/h4-9,17H,10H2,1-3H3. The quantitative estimate of drug-likeness (QED) is 0.893. The minimum Gasteiger partial charge on any atom is -0.497 e. The molecule has 0 saturated carbocycles. The van der Waals surface area contributed by atoms with Gasteiger partial charge in [0.2, 0.25) is 0 Å². The summed E-state index contributed by atoms with van der Waals surface area (Å²) in [5.74, 6) is 0.885. The van der Waals surface area contributed by atoms with Gasteiger partial charge in [-0.25, -0.2) is 0 Å². The van der Waals surface area contributed by atoms with Gasteiger partial charge < -0.3 is 10.1 Å². The molecule has 94 valence electrons. The van der Waals surface area contributed by atoms with Crippen LogP contribution in [-0.4, -0.2) is 12.1 Å². The number of rotatable bonds is 4. The van der Waals surface area contributed by atoms with Gasteiger partial charge in [-0.2, -0.15) is 0 Å². The fourth-order valence-electron chi connectivity index (χ4n) is 1.83. The Morgan fingerprint density at radius 2 is 2.00 bits per heavy atom. The molecular weight excluding hydrogens is 224 g/mol. The molecule has 0 bridgehead atoms. The van der Waals surface area contributed by atoms with Crippen LogP contribution >= 0.6 is 0 Å². The van der Waals surface area contributed by atoms with Crippen LogP contribution in [-0.2, 0) is 6.54 Å². The van der Waals surface area contributed by atoms with Crippen LogP contribution < -0.4 is 10.1 Å². The van der Waals surface area contributed by atoms with Crippen molar-refractivity contribution in [2.75, 3.05) is 12.4 Å². The number of pyridine rings is 1. The summed E-state index contributed by atoms with van der Waals surface area (Å²) in [6.45, 7) is 4.95. The van der Waals surface area contributed by atoms with Gasteiger partial charge in [0.1, 0.15) is 5.75 Å². The number of benzene rings is 1. The van der Waals surface area contributed by atoms with E-state index in [0.29, 0.717) is 0 Å². The highest BCUT2D eigenvalue weighted by Crippen LogP contribution is 2.21. The highest BCUT2D eigenvalue weighted by Gasteiger charge is 2.02. The van der Waals surface area contributed by atoms with Gasteiger partial charge >= 0.3 is 0 Å². The second-order valence-electron chi connectivity index (χ2n) is 4.34. The normalized spacial score (nSPS) is 10.2. The molecule has 0 aliphatic rings. The fourth-order valence-corrected chi connectivity index (χ4v) is 1.83. The minimum absolute atomic E-state index is 0.785. The van der Waals surface area contributed by atoms with E-state index in [0.717, 1.165) is 18.0 Å². The van der Waals surface area contributed by atoms with Crippen molar-refractivity contribution in [2.24, 2.45) is 0 Å². The molecule has 0 aliphatic carbocycles. The van der Waals surface area contributed by atoms with Crippen LogP contribution in [0, 0.1) is 13.8 Å². The van der Waals surface area contributed by atoms with Crippen molar-refractivity contribution < 1.29 is 4.74 Å². The van der Waals surface area contributed by atoms with Crippen molar-refractivity contribution >= 4 is 5.69 Å². The Bertz CT molecular complexity index is 538. The zero-order chi connectivity index (χ0) is 13.0. The Morgan fingerprint density at radius 1 is 1.17 bits per heavy atom. The second kappa shape index (κ2) is 5.54. The largest absolute Gasteiger partial charge is 0.497 e. The zero-order valence-electron chi connectivity index (χ0n) is 11.0. The smallest absolute Gasteiger partial charge is 0.119 e. The van der Waals surface area contributed by atoms with Crippen molar-refractivity contribution in [1.29, 1.82) is 0 Å². The molecule has 1 heterocycles. The molecule has 2 aromatic rings. The van der Waals surface area contributed by atoms with E-state index < -0.39 is 0 Å². The molecule has 18 heavy (non-hydrogen) atoms. The molecule has 0 saturated heterocycles. The SMILES string of the molecule is COc1ccc(NCc2cnccc2C)c(C)c1. The van der Waals surface area contributed by atoms with E-state index in [9.17, 15) is 0 Å². The predicted octanol–water partition coefficient (Wildman–Crippen LogP) is 3.32.